The highest BCUT2D eigenvalue weighted by Gasteiger charge is 2.25. The number of hydrogen-bond acceptors (Lipinski definition) is 6. The van der Waals surface area contributed by atoms with Gasteiger partial charge in [-0.2, -0.15) is 0 Å². The molecule has 1 aliphatic heterocycles. The molecule has 0 aromatic heterocycles. The maximum atomic E-state index is 12.8. The van der Waals surface area contributed by atoms with Crippen LogP contribution in [-0.4, -0.2) is 46.1 Å². The van der Waals surface area contributed by atoms with Crippen molar-refractivity contribution in [1.29, 1.82) is 0 Å². The van der Waals surface area contributed by atoms with E-state index >= 15 is 0 Å². The molecular formula is C34H52O6. The van der Waals surface area contributed by atoms with Gasteiger partial charge in [0.15, 0.2) is 5.78 Å². The van der Waals surface area contributed by atoms with Gasteiger partial charge in [-0.1, -0.05) is 82.7 Å². The molecule has 0 saturated carbocycles. The lowest BCUT2D eigenvalue weighted by Crippen LogP contribution is -2.29. The number of carbonyl (C=O) groups is 3. The second kappa shape index (κ2) is 18.7. The minimum Gasteiger partial charge on any atom is -0.458 e. The van der Waals surface area contributed by atoms with Crippen LogP contribution in [0, 0.1) is 23.7 Å². The molecule has 0 saturated heterocycles. The normalized spacial score (nSPS) is 29.7. The van der Waals surface area contributed by atoms with Crippen LogP contribution in [0.3, 0.4) is 0 Å². The molecule has 1 aliphatic rings. The van der Waals surface area contributed by atoms with Gasteiger partial charge in [-0.05, 0) is 64.4 Å². The van der Waals surface area contributed by atoms with E-state index in [-0.39, 0.29) is 41.9 Å². The number of carbonyl (C=O) groups excluding carboxylic acids is 3. The minimum absolute atomic E-state index is 0.0152. The van der Waals surface area contributed by atoms with E-state index in [1.807, 2.05) is 45.1 Å². The maximum Gasteiger partial charge on any atom is 0.334 e. The quantitative estimate of drug-likeness (QED) is 0.370. The van der Waals surface area contributed by atoms with Gasteiger partial charge in [0.05, 0.1) is 12.2 Å². The van der Waals surface area contributed by atoms with Crippen molar-refractivity contribution in [2.24, 2.45) is 23.7 Å². The molecule has 6 unspecified atom stereocenters. The number of aliphatic hydroxyl groups is 2. The average Bonchev–Trinajstić information content (AvgIpc) is 2.89. The third-order valence-electron chi connectivity index (χ3n) is 7.42. The number of Topliss-reactive ketones (excluding diaryl/α,β-unsaturated/α-hetero) is 1. The number of ketones is 2. The lowest BCUT2D eigenvalue weighted by molar-refractivity contribution is -0.146. The number of hydrogen-bond donors (Lipinski definition) is 2. The van der Waals surface area contributed by atoms with Crippen LogP contribution in [0.25, 0.3) is 0 Å². The van der Waals surface area contributed by atoms with Crippen molar-refractivity contribution in [1.82, 2.24) is 0 Å². The molecule has 0 radical (unpaired) electrons. The van der Waals surface area contributed by atoms with Gasteiger partial charge in [0.25, 0.3) is 0 Å². The van der Waals surface area contributed by atoms with Gasteiger partial charge in [-0.15, -0.1) is 0 Å². The molecule has 224 valence electrons. The minimum atomic E-state index is -0.854. The molecule has 0 amide bonds. The van der Waals surface area contributed by atoms with Crippen LogP contribution in [0.1, 0.15) is 93.4 Å². The van der Waals surface area contributed by atoms with Crippen LogP contribution < -0.4 is 0 Å². The number of cyclic esters (lactones) is 1. The van der Waals surface area contributed by atoms with Gasteiger partial charge in [0.2, 0.25) is 0 Å². The summed E-state index contributed by atoms with van der Waals surface area (Å²) in [5.41, 5.74) is 1.42. The third-order valence-corrected chi connectivity index (χ3v) is 7.42. The predicted octanol–water partition coefficient (Wildman–Crippen LogP) is 6.63. The second-order valence-corrected chi connectivity index (χ2v) is 11.8. The number of ether oxygens (including phenoxy) is 1. The highest BCUT2D eigenvalue weighted by molar-refractivity contribution is 5.91. The van der Waals surface area contributed by atoms with Crippen LogP contribution in [0.4, 0.5) is 0 Å². The Kier molecular flexibility index (Phi) is 16.6. The molecule has 6 nitrogen and oxygen atoms in total. The Balaban J connectivity index is 3.12. The van der Waals surface area contributed by atoms with Gasteiger partial charge < -0.3 is 14.9 Å². The highest BCUT2D eigenvalue weighted by Crippen LogP contribution is 2.22. The molecule has 0 aromatic carbocycles. The first-order chi connectivity index (χ1) is 18.8. The van der Waals surface area contributed by atoms with Crippen molar-refractivity contribution >= 4 is 17.5 Å². The fourth-order valence-corrected chi connectivity index (χ4v) is 4.55. The standard InChI is InChI=1S/C34H52O6/c1-23(2)20-33-27(6)21-24(3)16-18-30(36)25(4)17-19-31(37)28(7)32(38)22-29(35)15-13-11-9-8-10-12-14-26(5)34(39)40-33/h8-10,12,14,16,18,21,23,25,27-29,31,33,35,37H,11,13,15,17,19-20,22H2,1-7H3. The summed E-state index contributed by atoms with van der Waals surface area (Å²) in [6.07, 6.45) is 16.2. The molecule has 6 heteroatoms. The molecule has 0 fully saturated rings. The molecular weight excluding hydrogens is 504 g/mol. The Morgan fingerprint density at radius 2 is 1.65 bits per heavy atom. The van der Waals surface area contributed by atoms with E-state index in [2.05, 4.69) is 13.8 Å². The van der Waals surface area contributed by atoms with Crippen molar-refractivity contribution in [2.45, 2.75) is 112 Å². The first-order valence-corrected chi connectivity index (χ1v) is 14.8. The molecule has 0 bridgehead atoms. The van der Waals surface area contributed by atoms with Crippen LogP contribution >= 0.6 is 0 Å². The zero-order valence-corrected chi connectivity index (χ0v) is 25.6. The molecule has 2 N–H and O–H groups in total. The van der Waals surface area contributed by atoms with Crippen LogP contribution in [0.5, 0.6) is 0 Å². The molecule has 40 heavy (non-hydrogen) atoms. The summed E-state index contributed by atoms with van der Waals surface area (Å²) in [6, 6.07) is 0. The van der Waals surface area contributed by atoms with Crippen molar-refractivity contribution in [3.63, 3.8) is 0 Å². The average molecular weight is 557 g/mol. The largest absolute Gasteiger partial charge is 0.458 e. The topological polar surface area (TPSA) is 101 Å². The van der Waals surface area contributed by atoms with Crippen molar-refractivity contribution < 1.29 is 29.3 Å². The smallest absolute Gasteiger partial charge is 0.334 e. The van der Waals surface area contributed by atoms with E-state index < -0.39 is 18.1 Å². The Morgan fingerprint density at radius 1 is 0.950 bits per heavy atom. The lowest BCUT2D eigenvalue weighted by Gasteiger charge is -2.24. The first-order valence-electron chi connectivity index (χ1n) is 14.8. The summed E-state index contributed by atoms with van der Waals surface area (Å²) in [4.78, 5) is 38.1. The molecule has 0 spiro atoms. The van der Waals surface area contributed by atoms with E-state index in [0.29, 0.717) is 30.8 Å². The Morgan fingerprint density at radius 3 is 2.33 bits per heavy atom. The molecule has 1 rings (SSSR count). The van der Waals surface area contributed by atoms with Crippen LogP contribution in [0.2, 0.25) is 0 Å². The predicted molar refractivity (Wildman–Crippen MR) is 161 cm³/mol. The number of rotatable bonds is 2. The van der Waals surface area contributed by atoms with E-state index in [0.717, 1.165) is 24.8 Å². The molecule has 1 heterocycles. The van der Waals surface area contributed by atoms with E-state index in [4.69, 9.17) is 4.74 Å². The molecule has 0 aliphatic carbocycles. The number of allylic oxidation sites excluding steroid dienone is 8. The zero-order chi connectivity index (χ0) is 30.2. The molecule has 0 aromatic rings. The highest BCUT2D eigenvalue weighted by atomic mass is 16.5. The summed E-state index contributed by atoms with van der Waals surface area (Å²) in [5.74, 6) is -1.14. The SMILES string of the molecule is CC1=CC(C)C(CC(C)C)OC(=O)C(C)=CC=CC=CCCCC(O)CC(=O)C(C)C(O)CCC(C)C(=O)C=C1. The van der Waals surface area contributed by atoms with Gasteiger partial charge in [0.1, 0.15) is 11.9 Å². The summed E-state index contributed by atoms with van der Waals surface area (Å²) in [5, 5.41) is 20.8. The zero-order valence-electron chi connectivity index (χ0n) is 25.6. The van der Waals surface area contributed by atoms with E-state index in [9.17, 15) is 24.6 Å². The fourth-order valence-electron chi connectivity index (χ4n) is 4.55. The first kappa shape index (κ1) is 35.5. The monoisotopic (exact) mass is 556 g/mol. The summed E-state index contributed by atoms with van der Waals surface area (Å²) < 4.78 is 5.90. The number of aliphatic hydroxyl groups excluding tert-OH is 2. The third kappa shape index (κ3) is 14.2. The molecule has 6 atom stereocenters. The second-order valence-electron chi connectivity index (χ2n) is 11.8. The fraction of sp³-hybridized carbons (Fsp3) is 0.618. The maximum absolute atomic E-state index is 12.8. The van der Waals surface area contributed by atoms with Gasteiger partial charge >= 0.3 is 5.97 Å². The van der Waals surface area contributed by atoms with Crippen molar-refractivity contribution in [2.75, 3.05) is 0 Å². The summed E-state index contributed by atoms with van der Waals surface area (Å²) in [6.45, 7) is 13.4. The van der Waals surface area contributed by atoms with Crippen molar-refractivity contribution in [3.8, 4) is 0 Å². The van der Waals surface area contributed by atoms with Gasteiger partial charge in [-0.3, -0.25) is 9.59 Å². The van der Waals surface area contributed by atoms with E-state index in [1.165, 1.54) is 0 Å². The Labute approximate surface area is 242 Å². The van der Waals surface area contributed by atoms with Gasteiger partial charge in [-0.25, -0.2) is 4.79 Å². The number of esters is 1. The van der Waals surface area contributed by atoms with Crippen LogP contribution in [0.15, 0.2) is 59.8 Å². The van der Waals surface area contributed by atoms with Crippen molar-refractivity contribution in [3.05, 3.63) is 59.8 Å². The van der Waals surface area contributed by atoms with E-state index in [1.54, 1.807) is 38.2 Å². The van der Waals surface area contributed by atoms with Crippen LogP contribution in [-0.2, 0) is 19.1 Å². The Hall–Kier alpha value is -2.57. The summed E-state index contributed by atoms with van der Waals surface area (Å²) >= 11 is 0. The lowest BCUT2D eigenvalue weighted by atomic mass is 9.89. The Bertz CT molecular complexity index is 967. The summed E-state index contributed by atoms with van der Waals surface area (Å²) in [7, 11) is 0. The van der Waals surface area contributed by atoms with Gasteiger partial charge in [0, 0.05) is 29.7 Å².